The smallest absolute Gasteiger partial charge is 0.0985 e. The molecule has 0 saturated heterocycles. The summed E-state index contributed by atoms with van der Waals surface area (Å²) in [6, 6.07) is 0. The molecule has 3 N–H and O–H groups in total. The molecule has 4 aliphatic carbocycles. The van der Waals surface area contributed by atoms with Crippen LogP contribution in [0.4, 0.5) is 0 Å². The fourth-order valence-corrected chi connectivity index (χ4v) is 7.25. The second-order valence-electron chi connectivity index (χ2n) is 9.45. The number of hydrogen-bond acceptors (Lipinski definition) is 3. The maximum Gasteiger partial charge on any atom is 0.0985 e. The summed E-state index contributed by atoms with van der Waals surface area (Å²) in [6.45, 7) is 4.66. The van der Waals surface area contributed by atoms with E-state index in [9.17, 15) is 15.3 Å². The second kappa shape index (κ2) is 4.70. The van der Waals surface area contributed by atoms with Crippen LogP contribution in [0.1, 0.15) is 71.6 Å². The van der Waals surface area contributed by atoms with Crippen LogP contribution in [-0.2, 0) is 0 Å². The average molecular weight is 308 g/mol. The maximum atomic E-state index is 11.3. The first-order chi connectivity index (χ1) is 10.3. The van der Waals surface area contributed by atoms with Crippen molar-refractivity contribution in [3.8, 4) is 0 Å². The fourth-order valence-electron chi connectivity index (χ4n) is 7.25. The molecule has 3 nitrogen and oxygen atoms in total. The van der Waals surface area contributed by atoms with Crippen molar-refractivity contribution < 1.29 is 15.3 Å². The molecule has 4 fully saturated rings. The highest BCUT2D eigenvalue weighted by Gasteiger charge is 2.66. The van der Waals surface area contributed by atoms with Crippen molar-refractivity contribution in [2.45, 2.75) is 89.4 Å². The second-order valence-corrected chi connectivity index (χ2v) is 9.45. The molecule has 126 valence electrons. The van der Waals surface area contributed by atoms with Crippen LogP contribution in [0.5, 0.6) is 0 Å². The van der Waals surface area contributed by atoms with Gasteiger partial charge < -0.3 is 15.3 Å². The number of aliphatic hydroxyl groups is 3. The van der Waals surface area contributed by atoms with E-state index in [0.29, 0.717) is 23.7 Å². The molecule has 4 aliphatic rings. The monoisotopic (exact) mass is 308 g/mol. The van der Waals surface area contributed by atoms with Gasteiger partial charge in [-0.05, 0) is 68.1 Å². The van der Waals surface area contributed by atoms with Crippen LogP contribution < -0.4 is 0 Å². The molecule has 0 aliphatic heterocycles. The van der Waals surface area contributed by atoms with Crippen molar-refractivity contribution in [2.75, 3.05) is 0 Å². The van der Waals surface area contributed by atoms with E-state index in [2.05, 4.69) is 13.8 Å². The van der Waals surface area contributed by atoms with Crippen LogP contribution in [0.3, 0.4) is 0 Å². The Labute approximate surface area is 134 Å². The van der Waals surface area contributed by atoms with E-state index in [4.69, 9.17) is 0 Å². The van der Waals surface area contributed by atoms with Crippen molar-refractivity contribution in [1.82, 2.24) is 0 Å². The Morgan fingerprint density at radius 1 is 0.909 bits per heavy atom. The van der Waals surface area contributed by atoms with Gasteiger partial charge in [-0.1, -0.05) is 20.3 Å². The van der Waals surface area contributed by atoms with E-state index in [-0.39, 0.29) is 5.41 Å². The highest BCUT2D eigenvalue weighted by Crippen LogP contribution is 2.67. The van der Waals surface area contributed by atoms with Crippen LogP contribution in [-0.4, -0.2) is 33.1 Å². The van der Waals surface area contributed by atoms with Gasteiger partial charge in [0.25, 0.3) is 0 Å². The molecule has 4 saturated carbocycles. The predicted octanol–water partition coefficient (Wildman–Crippen LogP) is 2.87. The molecule has 0 aromatic carbocycles. The topological polar surface area (TPSA) is 60.7 Å². The lowest BCUT2D eigenvalue weighted by molar-refractivity contribution is -0.263. The molecule has 0 heterocycles. The third kappa shape index (κ3) is 1.79. The summed E-state index contributed by atoms with van der Waals surface area (Å²) in [5.74, 6) is 1.82. The van der Waals surface area contributed by atoms with Crippen molar-refractivity contribution >= 4 is 0 Å². The molecule has 0 radical (unpaired) electrons. The molecular formula is C19H32O3. The highest BCUT2D eigenvalue weighted by molar-refractivity contribution is 5.16. The molecular weight excluding hydrogens is 276 g/mol. The van der Waals surface area contributed by atoms with Crippen LogP contribution >= 0.6 is 0 Å². The zero-order valence-electron chi connectivity index (χ0n) is 14.1. The molecule has 0 amide bonds. The molecule has 0 bridgehead atoms. The summed E-state index contributed by atoms with van der Waals surface area (Å²) < 4.78 is 0. The van der Waals surface area contributed by atoms with Crippen LogP contribution in [0.25, 0.3) is 0 Å². The first kappa shape index (κ1) is 15.4. The van der Waals surface area contributed by atoms with E-state index in [1.54, 1.807) is 0 Å². The third-order valence-corrected chi connectivity index (χ3v) is 8.62. The normalized spacial score (nSPS) is 61.2. The zero-order chi connectivity index (χ0) is 15.8. The van der Waals surface area contributed by atoms with Gasteiger partial charge in [0.05, 0.1) is 17.8 Å². The summed E-state index contributed by atoms with van der Waals surface area (Å²) in [5.41, 5.74) is -0.836. The molecule has 0 unspecified atom stereocenters. The van der Waals surface area contributed by atoms with E-state index >= 15 is 0 Å². The minimum absolute atomic E-state index is 0.224. The molecule has 0 spiro atoms. The van der Waals surface area contributed by atoms with E-state index < -0.39 is 17.8 Å². The number of aliphatic hydroxyl groups excluding tert-OH is 2. The molecule has 8 atom stereocenters. The summed E-state index contributed by atoms with van der Waals surface area (Å²) >= 11 is 0. The first-order valence-corrected chi connectivity index (χ1v) is 9.39. The Hall–Kier alpha value is -0.120. The molecule has 22 heavy (non-hydrogen) atoms. The van der Waals surface area contributed by atoms with Crippen molar-refractivity contribution in [2.24, 2.45) is 28.6 Å². The Morgan fingerprint density at radius 2 is 1.68 bits per heavy atom. The number of hydrogen-bond donors (Lipinski definition) is 3. The Kier molecular flexibility index (Phi) is 3.30. The van der Waals surface area contributed by atoms with Crippen LogP contribution in [0.2, 0.25) is 0 Å². The first-order valence-electron chi connectivity index (χ1n) is 9.39. The average Bonchev–Trinajstić information content (AvgIpc) is 2.84. The van der Waals surface area contributed by atoms with Gasteiger partial charge >= 0.3 is 0 Å². The highest BCUT2D eigenvalue weighted by atomic mass is 16.3. The molecule has 3 heteroatoms. The van der Waals surface area contributed by atoms with Crippen LogP contribution in [0, 0.1) is 28.6 Å². The summed E-state index contributed by atoms with van der Waals surface area (Å²) in [4.78, 5) is 0. The van der Waals surface area contributed by atoms with Gasteiger partial charge in [-0.25, -0.2) is 0 Å². The van der Waals surface area contributed by atoms with Gasteiger partial charge in [-0.2, -0.15) is 0 Å². The van der Waals surface area contributed by atoms with E-state index in [1.807, 2.05) is 0 Å². The Morgan fingerprint density at radius 3 is 2.45 bits per heavy atom. The summed E-state index contributed by atoms with van der Waals surface area (Å²) in [5, 5.41) is 32.2. The SMILES string of the molecule is C[C@@]12CCC[C@H]1[C@@H]1C[C@@H](O)[C@@]3(O)C[C@@H](O)CC[C@]3(C)[C@H]1CC2. The summed E-state index contributed by atoms with van der Waals surface area (Å²) in [7, 11) is 0. The molecule has 0 aromatic heterocycles. The van der Waals surface area contributed by atoms with Gasteiger partial charge in [0.1, 0.15) is 0 Å². The minimum atomic E-state index is -1.09. The molecule has 4 rings (SSSR count). The Bertz CT molecular complexity index is 466. The lowest BCUT2D eigenvalue weighted by atomic mass is 9.43. The van der Waals surface area contributed by atoms with Gasteiger partial charge in [0.15, 0.2) is 0 Å². The summed E-state index contributed by atoms with van der Waals surface area (Å²) in [6.07, 6.45) is 8.06. The standard InChI is InChI=1S/C19H32O3/c1-17-7-3-4-14(17)13-10-16(21)19(22)11-12(20)5-9-18(19,2)15(13)6-8-17/h12-16,20-22H,3-11H2,1-2H3/t12-,13-,14-,15-,16+,17-,18+,19-/m0/s1. The largest absolute Gasteiger partial charge is 0.393 e. The number of fused-ring (bicyclic) bond motifs is 5. The van der Waals surface area contributed by atoms with E-state index in [1.165, 1.54) is 32.1 Å². The third-order valence-electron chi connectivity index (χ3n) is 8.62. The lowest BCUT2D eigenvalue weighted by Crippen LogP contribution is -2.68. The van der Waals surface area contributed by atoms with Crippen molar-refractivity contribution in [3.05, 3.63) is 0 Å². The number of rotatable bonds is 0. The van der Waals surface area contributed by atoms with Gasteiger partial charge in [0.2, 0.25) is 0 Å². The predicted molar refractivity (Wildman–Crippen MR) is 85.2 cm³/mol. The van der Waals surface area contributed by atoms with Crippen LogP contribution in [0.15, 0.2) is 0 Å². The van der Waals surface area contributed by atoms with Crippen molar-refractivity contribution in [1.29, 1.82) is 0 Å². The fraction of sp³-hybridized carbons (Fsp3) is 1.00. The van der Waals surface area contributed by atoms with Gasteiger partial charge in [-0.3, -0.25) is 0 Å². The Balaban J connectivity index is 1.71. The van der Waals surface area contributed by atoms with Gasteiger partial charge in [-0.15, -0.1) is 0 Å². The van der Waals surface area contributed by atoms with Gasteiger partial charge in [0, 0.05) is 11.8 Å². The minimum Gasteiger partial charge on any atom is -0.393 e. The lowest BCUT2D eigenvalue weighted by Gasteiger charge is -2.65. The van der Waals surface area contributed by atoms with Crippen molar-refractivity contribution in [3.63, 3.8) is 0 Å². The zero-order valence-corrected chi connectivity index (χ0v) is 14.1. The molecule has 0 aromatic rings. The maximum absolute atomic E-state index is 11.3. The van der Waals surface area contributed by atoms with E-state index in [0.717, 1.165) is 25.2 Å². The quantitative estimate of drug-likeness (QED) is 0.645.